The number of amides is 1. The Morgan fingerprint density at radius 3 is 2.04 bits per heavy atom. The number of carbonyl (C=O) groups excluding carboxylic acids is 3. The monoisotopic (exact) mass is 373 g/mol. The van der Waals surface area contributed by atoms with Crippen molar-refractivity contribution in [1.82, 2.24) is 0 Å². The summed E-state index contributed by atoms with van der Waals surface area (Å²) in [7, 11) is 1.29. The third kappa shape index (κ3) is 4.15. The molecule has 3 aromatic rings. The molecule has 28 heavy (non-hydrogen) atoms. The molecule has 1 N–H and O–H groups in total. The van der Waals surface area contributed by atoms with Crippen molar-refractivity contribution in [2.45, 2.75) is 6.92 Å². The van der Waals surface area contributed by atoms with Gasteiger partial charge in [0, 0.05) is 11.1 Å². The van der Waals surface area contributed by atoms with Crippen LogP contribution in [0.1, 0.15) is 38.0 Å². The summed E-state index contributed by atoms with van der Waals surface area (Å²) < 4.78 is 4.82. The summed E-state index contributed by atoms with van der Waals surface area (Å²) in [6, 6.07) is 21.0. The number of benzene rings is 3. The molecule has 0 heterocycles. The average molecular weight is 373 g/mol. The van der Waals surface area contributed by atoms with E-state index in [1.807, 2.05) is 18.2 Å². The van der Waals surface area contributed by atoms with Crippen molar-refractivity contribution in [3.05, 3.63) is 89.5 Å². The number of Topliss-reactive ketones (excluding diaryl/α,β-unsaturated/α-hetero) is 1. The summed E-state index contributed by atoms with van der Waals surface area (Å²) in [5.74, 6) is -0.875. The van der Waals surface area contributed by atoms with E-state index in [-0.39, 0.29) is 17.3 Å². The van der Waals surface area contributed by atoms with Crippen molar-refractivity contribution in [1.29, 1.82) is 0 Å². The van der Waals surface area contributed by atoms with Crippen LogP contribution in [0, 0.1) is 0 Å². The van der Waals surface area contributed by atoms with Crippen LogP contribution in [0.2, 0.25) is 0 Å². The van der Waals surface area contributed by atoms with Crippen LogP contribution in [0.25, 0.3) is 11.1 Å². The Morgan fingerprint density at radius 2 is 1.43 bits per heavy atom. The Morgan fingerprint density at radius 1 is 0.786 bits per heavy atom. The van der Waals surface area contributed by atoms with Gasteiger partial charge in [0.05, 0.1) is 18.4 Å². The second-order valence-electron chi connectivity index (χ2n) is 6.21. The maximum Gasteiger partial charge on any atom is 0.339 e. The van der Waals surface area contributed by atoms with Crippen LogP contribution < -0.4 is 5.32 Å². The lowest BCUT2D eigenvalue weighted by Crippen LogP contribution is -2.15. The number of esters is 1. The van der Waals surface area contributed by atoms with Crippen LogP contribution in [0.5, 0.6) is 0 Å². The van der Waals surface area contributed by atoms with Crippen LogP contribution in [-0.2, 0) is 4.74 Å². The Hall–Kier alpha value is -3.73. The minimum atomic E-state index is -0.540. The molecule has 5 heteroatoms. The molecule has 140 valence electrons. The molecule has 0 atom stereocenters. The number of methoxy groups -OCH3 is 1. The van der Waals surface area contributed by atoms with Crippen LogP contribution in [-0.4, -0.2) is 24.8 Å². The quantitative estimate of drug-likeness (QED) is 0.524. The van der Waals surface area contributed by atoms with Crippen LogP contribution in [0.4, 0.5) is 5.69 Å². The van der Waals surface area contributed by atoms with Crippen molar-refractivity contribution in [3.8, 4) is 11.1 Å². The van der Waals surface area contributed by atoms with Gasteiger partial charge in [-0.1, -0.05) is 48.5 Å². The lowest BCUT2D eigenvalue weighted by molar-refractivity contribution is 0.0602. The standard InChI is InChI=1S/C23H19NO4/c1-15(25)16-8-10-17(11-9-16)19-12-13-20(23(27)28-2)21(14-19)24-22(26)18-6-4-3-5-7-18/h3-14H,1-2H3,(H,24,26). The molecule has 3 aromatic carbocycles. The molecule has 0 aliphatic rings. The summed E-state index contributed by atoms with van der Waals surface area (Å²) >= 11 is 0. The predicted octanol–water partition coefficient (Wildman–Crippen LogP) is 4.60. The molecule has 0 unspecified atom stereocenters. The van der Waals surface area contributed by atoms with E-state index in [1.54, 1.807) is 54.6 Å². The highest BCUT2D eigenvalue weighted by molar-refractivity contribution is 6.08. The second-order valence-corrected chi connectivity index (χ2v) is 6.21. The lowest BCUT2D eigenvalue weighted by Gasteiger charge is -2.12. The summed E-state index contributed by atoms with van der Waals surface area (Å²) in [6.45, 7) is 1.51. The fraction of sp³-hybridized carbons (Fsp3) is 0.0870. The number of ketones is 1. The van der Waals surface area contributed by atoms with Crippen LogP contribution >= 0.6 is 0 Å². The fourth-order valence-electron chi connectivity index (χ4n) is 2.80. The van der Waals surface area contributed by atoms with Gasteiger partial charge in [-0.05, 0) is 42.3 Å². The van der Waals surface area contributed by atoms with Gasteiger partial charge in [-0.2, -0.15) is 0 Å². The lowest BCUT2D eigenvalue weighted by atomic mass is 10.00. The van der Waals surface area contributed by atoms with E-state index in [9.17, 15) is 14.4 Å². The zero-order chi connectivity index (χ0) is 20.1. The van der Waals surface area contributed by atoms with Crippen LogP contribution in [0.3, 0.4) is 0 Å². The van der Waals surface area contributed by atoms with Gasteiger partial charge in [0.15, 0.2) is 5.78 Å². The molecule has 0 aliphatic carbocycles. The third-order valence-corrected chi connectivity index (χ3v) is 4.33. The SMILES string of the molecule is COC(=O)c1ccc(-c2ccc(C(C)=O)cc2)cc1NC(=O)c1ccccc1. The Kier molecular flexibility index (Phi) is 5.65. The van der Waals surface area contributed by atoms with Gasteiger partial charge in [-0.15, -0.1) is 0 Å². The van der Waals surface area contributed by atoms with Gasteiger partial charge >= 0.3 is 5.97 Å². The number of anilines is 1. The maximum atomic E-state index is 12.5. The first-order valence-electron chi connectivity index (χ1n) is 8.69. The summed E-state index contributed by atoms with van der Waals surface area (Å²) in [4.78, 5) is 36.1. The molecule has 3 rings (SSSR count). The molecular formula is C23H19NO4. The number of hydrogen-bond acceptors (Lipinski definition) is 4. The highest BCUT2D eigenvalue weighted by Crippen LogP contribution is 2.27. The largest absolute Gasteiger partial charge is 0.465 e. The molecule has 0 saturated heterocycles. The molecular weight excluding hydrogens is 354 g/mol. The summed E-state index contributed by atoms with van der Waals surface area (Å²) in [5, 5.41) is 2.79. The maximum absolute atomic E-state index is 12.5. The number of rotatable bonds is 5. The van der Waals surface area contributed by atoms with E-state index < -0.39 is 5.97 Å². The predicted molar refractivity (Wildman–Crippen MR) is 108 cm³/mol. The van der Waals surface area contributed by atoms with E-state index in [1.165, 1.54) is 14.0 Å². The third-order valence-electron chi connectivity index (χ3n) is 4.33. The van der Waals surface area contributed by atoms with Crippen molar-refractivity contribution >= 4 is 23.3 Å². The second kappa shape index (κ2) is 8.31. The van der Waals surface area contributed by atoms with Gasteiger partial charge in [-0.25, -0.2) is 4.79 Å². The molecule has 0 aliphatic heterocycles. The van der Waals surface area contributed by atoms with Gasteiger partial charge in [0.2, 0.25) is 0 Å². The molecule has 5 nitrogen and oxygen atoms in total. The topological polar surface area (TPSA) is 72.5 Å². The fourth-order valence-corrected chi connectivity index (χ4v) is 2.80. The van der Waals surface area contributed by atoms with Crippen molar-refractivity contribution in [2.75, 3.05) is 12.4 Å². The van der Waals surface area contributed by atoms with E-state index in [0.29, 0.717) is 16.8 Å². The van der Waals surface area contributed by atoms with E-state index in [2.05, 4.69) is 5.32 Å². The average Bonchev–Trinajstić information content (AvgIpc) is 2.73. The van der Waals surface area contributed by atoms with E-state index in [4.69, 9.17) is 4.74 Å². The van der Waals surface area contributed by atoms with Crippen molar-refractivity contribution in [3.63, 3.8) is 0 Å². The normalized spacial score (nSPS) is 10.2. The zero-order valence-corrected chi connectivity index (χ0v) is 15.6. The number of nitrogens with one attached hydrogen (secondary N) is 1. The Balaban J connectivity index is 1.98. The van der Waals surface area contributed by atoms with Gasteiger partial charge < -0.3 is 10.1 Å². The van der Waals surface area contributed by atoms with Gasteiger partial charge in [0.1, 0.15) is 0 Å². The zero-order valence-electron chi connectivity index (χ0n) is 15.6. The van der Waals surface area contributed by atoms with E-state index >= 15 is 0 Å². The number of ether oxygens (including phenoxy) is 1. The molecule has 0 aromatic heterocycles. The highest BCUT2D eigenvalue weighted by Gasteiger charge is 2.16. The minimum absolute atomic E-state index is 0.0107. The molecule has 0 saturated carbocycles. The number of carbonyl (C=O) groups is 3. The van der Waals surface area contributed by atoms with Gasteiger partial charge in [-0.3, -0.25) is 9.59 Å². The van der Waals surface area contributed by atoms with Crippen molar-refractivity contribution < 1.29 is 19.1 Å². The van der Waals surface area contributed by atoms with Crippen molar-refractivity contribution in [2.24, 2.45) is 0 Å². The summed E-state index contributed by atoms with van der Waals surface area (Å²) in [6.07, 6.45) is 0. The smallest absolute Gasteiger partial charge is 0.339 e. The molecule has 0 radical (unpaired) electrons. The molecule has 1 amide bonds. The summed E-state index contributed by atoms with van der Waals surface area (Å²) in [5.41, 5.74) is 3.37. The first kappa shape index (κ1) is 19.0. The Bertz CT molecular complexity index is 1020. The van der Waals surface area contributed by atoms with E-state index in [0.717, 1.165) is 11.1 Å². The number of hydrogen-bond donors (Lipinski definition) is 1. The highest BCUT2D eigenvalue weighted by atomic mass is 16.5. The van der Waals surface area contributed by atoms with Gasteiger partial charge in [0.25, 0.3) is 5.91 Å². The molecule has 0 fully saturated rings. The van der Waals surface area contributed by atoms with Crippen LogP contribution in [0.15, 0.2) is 72.8 Å². The molecule has 0 bridgehead atoms. The first-order valence-corrected chi connectivity index (χ1v) is 8.69. The minimum Gasteiger partial charge on any atom is -0.465 e. The first-order chi connectivity index (χ1) is 13.5. The molecule has 0 spiro atoms. The Labute approximate surface area is 163 Å².